The average Bonchev–Trinajstić information content (AvgIpc) is 2.61. The molecule has 1 nitrogen and oxygen atoms in total. The molecule has 1 heteroatoms. The van der Waals surface area contributed by atoms with Gasteiger partial charge in [-0.2, -0.15) is 4.57 Å². The normalized spacial score (nSPS) is 11.7. The Hall–Kier alpha value is -2.93. The number of fused-ring (bicyclic) bond motifs is 6. The second-order valence-electron chi connectivity index (χ2n) is 6.14. The van der Waals surface area contributed by atoms with Crippen LogP contribution in [0.2, 0.25) is 0 Å². The minimum Gasteiger partial charge on any atom is -0.194 e. The molecule has 0 fully saturated rings. The Balaban J connectivity index is 2.10. The lowest BCUT2D eigenvalue weighted by atomic mass is 10.00. The van der Waals surface area contributed by atoms with E-state index in [1.54, 1.807) is 0 Å². The van der Waals surface area contributed by atoms with Crippen LogP contribution in [0, 0.1) is 0 Å². The molecule has 108 valence electrons. The highest BCUT2D eigenvalue weighted by molar-refractivity contribution is 6.13. The number of hydrogen-bond donors (Lipinski definition) is 0. The molecule has 5 aromatic rings. The minimum atomic E-state index is 1.27. The fraction of sp³-hybridized carbons (Fsp3) is 0.0455. The maximum absolute atomic E-state index is 2.36. The molecule has 0 unspecified atom stereocenters. The van der Waals surface area contributed by atoms with Crippen LogP contribution >= 0.6 is 0 Å². The van der Waals surface area contributed by atoms with E-state index in [0.29, 0.717) is 0 Å². The van der Waals surface area contributed by atoms with Crippen molar-refractivity contribution in [1.82, 2.24) is 0 Å². The van der Waals surface area contributed by atoms with Crippen LogP contribution in [-0.4, -0.2) is 0 Å². The molecule has 1 heterocycles. The van der Waals surface area contributed by atoms with Crippen LogP contribution in [0.5, 0.6) is 0 Å². The van der Waals surface area contributed by atoms with Gasteiger partial charge in [-0.15, -0.1) is 0 Å². The Labute approximate surface area is 134 Å². The number of hydrogen-bond acceptors (Lipinski definition) is 0. The SMILES string of the molecule is C[n+]1c2ccc3ccccc3c2cc2c3ccccc3ccc21. The zero-order valence-corrected chi connectivity index (χ0v) is 13.0. The highest BCUT2D eigenvalue weighted by atomic mass is 14.9. The van der Waals surface area contributed by atoms with Gasteiger partial charge in [0.1, 0.15) is 7.05 Å². The standard InChI is InChI=1S/C22H16N/c1-23-21-12-10-15-6-2-4-8-17(15)19(21)14-20-18-9-5-3-7-16(18)11-13-22(20)23/h2-14H,1H3/q+1. The first-order valence-electron chi connectivity index (χ1n) is 7.95. The van der Waals surface area contributed by atoms with E-state index in [1.165, 1.54) is 43.4 Å². The number of aryl methyl sites for hydroxylation is 1. The molecular weight excluding hydrogens is 278 g/mol. The second kappa shape index (κ2) is 4.53. The van der Waals surface area contributed by atoms with E-state index >= 15 is 0 Å². The topological polar surface area (TPSA) is 3.88 Å². The second-order valence-corrected chi connectivity index (χ2v) is 6.14. The summed E-state index contributed by atoms with van der Waals surface area (Å²) in [4.78, 5) is 0. The fourth-order valence-corrected chi connectivity index (χ4v) is 3.73. The molecule has 0 bridgehead atoms. The third-order valence-corrected chi connectivity index (χ3v) is 4.91. The first kappa shape index (κ1) is 12.6. The van der Waals surface area contributed by atoms with Gasteiger partial charge >= 0.3 is 0 Å². The van der Waals surface area contributed by atoms with E-state index in [0.717, 1.165) is 0 Å². The molecule has 0 radical (unpaired) electrons. The van der Waals surface area contributed by atoms with Gasteiger partial charge in [-0.3, -0.25) is 0 Å². The van der Waals surface area contributed by atoms with Gasteiger partial charge in [0, 0.05) is 12.1 Å². The van der Waals surface area contributed by atoms with Crippen molar-refractivity contribution in [3.8, 4) is 0 Å². The van der Waals surface area contributed by atoms with Crippen molar-refractivity contribution in [2.75, 3.05) is 0 Å². The lowest BCUT2D eigenvalue weighted by Gasteiger charge is -2.07. The number of benzene rings is 4. The van der Waals surface area contributed by atoms with Gasteiger partial charge in [0.25, 0.3) is 0 Å². The third-order valence-electron chi connectivity index (χ3n) is 4.91. The Bertz CT molecular complexity index is 1120. The molecule has 0 aliphatic rings. The lowest BCUT2D eigenvalue weighted by Crippen LogP contribution is -2.30. The summed E-state index contributed by atoms with van der Waals surface area (Å²) in [6.07, 6.45) is 0. The van der Waals surface area contributed by atoms with E-state index in [4.69, 9.17) is 0 Å². The molecule has 4 aromatic carbocycles. The van der Waals surface area contributed by atoms with E-state index in [9.17, 15) is 0 Å². The summed E-state index contributed by atoms with van der Waals surface area (Å²) < 4.78 is 2.31. The zero-order chi connectivity index (χ0) is 15.4. The highest BCUT2D eigenvalue weighted by Gasteiger charge is 2.15. The molecule has 0 amide bonds. The van der Waals surface area contributed by atoms with Crippen LogP contribution in [0.4, 0.5) is 0 Å². The summed E-state index contributed by atoms with van der Waals surface area (Å²) in [5, 5.41) is 7.84. The van der Waals surface area contributed by atoms with Crippen molar-refractivity contribution in [2.45, 2.75) is 0 Å². The molecule has 0 spiro atoms. The van der Waals surface area contributed by atoms with E-state index in [2.05, 4.69) is 90.5 Å². The largest absolute Gasteiger partial charge is 0.213 e. The van der Waals surface area contributed by atoms with E-state index < -0.39 is 0 Å². The van der Waals surface area contributed by atoms with Crippen molar-refractivity contribution >= 4 is 43.4 Å². The van der Waals surface area contributed by atoms with Gasteiger partial charge in [0.2, 0.25) is 11.0 Å². The maximum Gasteiger partial charge on any atom is 0.213 e. The molecule has 0 aliphatic carbocycles. The number of aromatic nitrogens is 1. The van der Waals surface area contributed by atoms with Gasteiger partial charge in [-0.1, -0.05) is 48.5 Å². The van der Waals surface area contributed by atoms with Crippen molar-refractivity contribution in [1.29, 1.82) is 0 Å². The minimum absolute atomic E-state index is 1.27. The molecule has 0 saturated heterocycles. The summed E-state index contributed by atoms with van der Waals surface area (Å²) in [6.45, 7) is 0. The number of rotatable bonds is 0. The fourth-order valence-electron chi connectivity index (χ4n) is 3.73. The molecular formula is C22H16N+. The van der Waals surface area contributed by atoms with Crippen LogP contribution < -0.4 is 4.57 Å². The van der Waals surface area contributed by atoms with Crippen molar-refractivity contribution < 1.29 is 4.57 Å². The molecule has 1 aromatic heterocycles. The third kappa shape index (κ3) is 1.71. The molecule has 0 atom stereocenters. The Morgan fingerprint density at radius 2 is 1.00 bits per heavy atom. The first-order chi connectivity index (χ1) is 11.3. The van der Waals surface area contributed by atoms with Crippen LogP contribution in [0.3, 0.4) is 0 Å². The Morgan fingerprint density at radius 3 is 1.52 bits per heavy atom. The zero-order valence-electron chi connectivity index (χ0n) is 13.0. The average molecular weight is 294 g/mol. The van der Waals surface area contributed by atoms with Crippen molar-refractivity contribution in [2.24, 2.45) is 7.05 Å². The summed E-state index contributed by atoms with van der Waals surface area (Å²) in [7, 11) is 2.16. The molecule has 5 rings (SSSR count). The van der Waals surface area contributed by atoms with Gasteiger partial charge in [0.05, 0.1) is 10.8 Å². The smallest absolute Gasteiger partial charge is 0.194 e. The predicted molar refractivity (Wildman–Crippen MR) is 97.6 cm³/mol. The predicted octanol–water partition coefficient (Wildman–Crippen LogP) is 5.12. The highest BCUT2D eigenvalue weighted by Crippen LogP contribution is 2.29. The molecule has 0 saturated carbocycles. The van der Waals surface area contributed by atoms with Crippen LogP contribution in [0.15, 0.2) is 78.9 Å². The summed E-state index contributed by atoms with van der Waals surface area (Å²) in [6, 6.07) is 28.5. The van der Waals surface area contributed by atoms with Gasteiger partial charge in [-0.05, 0) is 39.7 Å². The first-order valence-corrected chi connectivity index (χ1v) is 7.95. The Kier molecular flexibility index (Phi) is 2.48. The lowest BCUT2D eigenvalue weighted by molar-refractivity contribution is -0.617. The Morgan fingerprint density at radius 1 is 0.522 bits per heavy atom. The number of nitrogens with zero attached hydrogens (tertiary/aromatic N) is 1. The van der Waals surface area contributed by atoms with E-state index in [-0.39, 0.29) is 0 Å². The summed E-state index contributed by atoms with van der Waals surface area (Å²) >= 11 is 0. The quantitative estimate of drug-likeness (QED) is 0.212. The number of pyridine rings is 1. The maximum atomic E-state index is 2.36. The van der Waals surface area contributed by atoms with E-state index in [1.807, 2.05) is 0 Å². The molecule has 0 N–H and O–H groups in total. The molecule has 0 aliphatic heterocycles. The van der Waals surface area contributed by atoms with Gasteiger partial charge in [-0.25, -0.2) is 0 Å². The molecule has 23 heavy (non-hydrogen) atoms. The van der Waals surface area contributed by atoms with Gasteiger partial charge < -0.3 is 0 Å². The van der Waals surface area contributed by atoms with Crippen molar-refractivity contribution in [3.05, 3.63) is 78.9 Å². The van der Waals surface area contributed by atoms with Crippen LogP contribution in [0.25, 0.3) is 43.4 Å². The van der Waals surface area contributed by atoms with Crippen LogP contribution in [0.1, 0.15) is 0 Å². The summed E-state index contributed by atoms with van der Waals surface area (Å²) in [5.74, 6) is 0. The monoisotopic (exact) mass is 294 g/mol. The summed E-state index contributed by atoms with van der Waals surface area (Å²) in [5.41, 5.74) is 2.54. The van der Waals surface area contributed by atoms with Crippen molar-refractivity contribution in [3.63, 3.8) is 0 Å². The van der Waals surface area contributed by atoms with Gasteiger partial charge in [0.15, 0.2) is 0 Å². The van der Waals surface area contributed by atoms with Crippen LogP contribution in [-0.2, 0) is 7.05 Å².